The second-order valence-electron chi connectivity index (χ2n) is 19.9. The van der Waals surface area contributed by atoms with Gasteiger partial charge in [-0.15, -0.1) is 0 Å². The Kier molecular flexibility index (Phi) is 53.7. The van der Waals surface area contributed by atoms with E-state index in [1.54, 1.807) is 0 Å². The zero-order valence-electron chi connectivity index (χ0n) is 44.5. The third kappa shape index (κ3) is 52.9. The Morgan fingerprint density at radius 1 is 0.288 bits per heavy atom. The first-order valence-corrected chi connectivity index (χ1v) is 29.3. The molecule has 0 aromatic heterocycles. The Hall–Kier alpha value is -2.11. The van der Waals surface area contributed by atoms with Crippen molar-refractivity contribution < 1.29 is 28.6 Å². The van der Waals surface area contributed by atoms with E-state index in [0.717, 1.165) is 57.8 Å². The van der Waals surface area contributed by atoms with Gasteiger partial charge >= 0.3 is 17.9 Å². The SMILES string of the molecule is CCCCCCCCCC/C=C\CCCCCCCCCC(=O)OC[C@@H](COC(=O)CCCCCCCCCCCC)OC(=O)CCCCCCCCC/C=C\CCCCCCCCCC. The number of carbonyl (C=O) groups excluding carboxylic acids is 3. The summed E-state index contributed by atoms with van der Waals surface area (Å²) in [6.45, 7) is 6.66. The average Bonchev–Trinajstić information content (AvgIpc) is 3.31. The topological polar surface area (TPSA) is 78.9 Å². The molecular formula is C60H112O6. The van der Waals surface area contributed by atoms with Crippen LogP contribution in [-0.4, -0.2) is 37.2 Å². The predicted molar refractivity (Wildman–Crippen MR) is 284 cm³/mol. The summed E-state index contributed by atoms with van der Waals surface area (Å²) in [7, 11) is 0. The van der Waals surface area contributed by atoms with Crippen molar-refractivity contribution in [2.45, 2.75) is 329 Å². The maximum Gasteiger partial charge on any atom is 0.306 e. The van der Waals surface area contributed by atoms with Crippen molar-refractivity contribution in [1.82, 2.24) is 0 Å². The van der Waals surface area contributed by atoms with E-state index in [9.17, 15) is 14.4 Å². The van der Waals surface area contributed by atoms with Crippen molar-refractivity contribution in [3.8, 4) is 0 Å². The molecule has 0 N–H and O–H groups in total. The first-order valence-electron chi connectivity index (χ1n) is 29.3. The molecule has 0 aliphatic heterocycles. The number of esters is 3. The summed E-state index contributed by atoms with van der Waals surface area (Å²) in [6.07, 6.45) is 64.6. The molecule has 0 aliphatic carbocycles. The summed E-state index contributed by atoms with van der Waals surface area (Å²) in [5.41, 5.74) is 0. The number of allylic oxidation sites excluding steroid dienone is 4. The molecular weight excluding hydrogens is 817 g/mol. The number of rotatable bonds is 54. The van der Waals surface area contributed by atoms with Gasteiger partial charge < -0.3 is 14.2 Å². The smallest absolute Gasteiger partial charge is 0.306 e. The fraction of sp³-hybridized carbons (Fsp3) is 0.883. The highest BCUT2D eigenvalue weighted by atomic mass is 16.6. The van der Waals surface area contributed by atoms with Gasteiger partial charge in [-0.2, -0.15) is 0 Å². The van der Waals surface area contributed by atoms with Gasteiger partial charge in [-0.05, 0) is 70.6 Å². The van der Waals surface area contributed by atoms with E-state index < -0.39 is 6.10 Å². The summed E-state index contributed by atoms with van der Waals surface area (Å²) in [5.74, 6) is -0.862. The summed E-state index contributed by atoms with van der Waals surface area (Å²) in [6, 6.07) is 0. The van der Waals surface area contributed by atoms with Crippen LogP contribution in [0.25, 0.3) is 0 Å². The van der Waals surface area contributed by atoms with Crippen molar-refractivity contribution in [3.05, 3.63) is 24.3 Å². The third-order valence-corrected chi connectivity index (χ3v) is 13.2. The molecule has 388 valence electrons. The van der Waals surface area contributed by atoms with Crippen LogP contribution in [0.5, 0.6) is 0 Å². The van der Waals surface area contributed by atoms with Gasteiger partial charge in [0.25, 0.3) is 0 Å². The monoisotopic (exact) mass is 929 g/mol. The lowest BCUT2D eigenvalue weighted by Crippen LogP contribution is -2.30. The molecule has 0 unspecified atom stereocenters. The minimum Gasteiger partial charge on any atom is -0.462 e. The van der Waals surface area contributed by atoms with Crippen molar-refractivity contribution in [2.24, 2.45) is 0 Å². The fourth-order valence-electron chi connectivity index (χ4n) is 8.73. The Balaban J connectivity index is 4.27. The molecule has 0 saturated carbocycles. The lowest BCUT2D eigenvalue weighted by molar-refractivity contribution is -0.167. The molecule has 0 spiro atoms. The summed E-state index contributed by atoms with van der Waals surface area (Å²) >= 11 is 0. The molecule has 0 aromatic carbocycles. The summed E-state index contributed by atoms with van der Waals surface area (Å²) < 4.78 is 16.9. The minimum absolute atomic E-state index is 0.0704. The second kappa shape index (κ2) is 55.5. The van der Waals surface area contributed by atoms with Crippen molar-refractivity contribution >= 4 is 17.9 Å². The molecule has 0 radical (unpaired) electrons. The lowest BCUT2D eigenvalue weighted by Gasteiger charge is -2.18. The highest BCUT2D eigenvalue weighted by molar-refractivity contribution is 5.71. The van der Waals surface area contributed by atoms with E-state index in [4.69, 9.17) is 14.2 Å². The van der Waals surface area contributed by atoms with Gasteiger partial charge in [-0.3, -0.25) is 14.4 Å². The number of hydrogen-bond acceptors (Lipinski definition) is 6. The van der Waals surface area contributed by atoms with E-state index in [1.165, 1.54) is 225 Å². The standard InChI is InChI=1S/C60H112O6/c1-4-7-10-13-16-19-22-24-26-28-30-32-34-36-38-41-44-47-50-53-59(62)65-56-57(55-64-58(61)52-49-46-43-40-21-18-15-12-9-6-3)66-60(63)54-51-48-45-42-39-37-35-33-31-29-27-25-23-20-17-14-11-8-5-2/h28-31,57H,4-27,32-56H2,1-3H3/b30-28-,31-29-/t57-/m1/s1. The van der Waals surface area contributed by atoms with Crippen molar-refractivity contribution in [1.29, 1.82) is 0 Å². The van der Waals surface area contributed by atoms with Crippen LogP contribution in [0.4, 0.5) is 0 Å². The zero-order valence-corrected chi connectivity index (χ0v) is 44.5. The highest BCUT2D eigenvalue weighted by Gasteiger charge is 2.19. The zero-order chi connectivity index (χ0) is 47.9. The van der Waals surface area contributed by atoms with E-state index in [0.29, 0.717) is 19.3 Å². The largest absolute Gasteiger partial charge is 0.462 e. The third-order valence-electron chi connectivity index (χ3n) is 13.2. The Morgan fingerprint density at radius 2 is 0.500 bits per heavy atom. The quantitative estimate of drug-likeness (QED) is 0.0262. The van der Waals surface area contributed by atoms with E-state index in [1.807, 2.05) is 0 Å². The van der Waals surface area contributed by atoms with Gasteiger partial charge in [0.1, 0.15) is 13.2 Å². The Morgan fingerprint density at radius 3 is 0.758 bits per heavy atom. The molecule has 0 bridgehead atoms. The first kappa shape index (κ1) is 63.9. The van der Waals surface area contributed by atoms with Crippen LogP contribution in [0, 0.1) is 0 Å². The van der Waals surface area contributed by atoms with Crippen LogP contribution in [0.15, 0.2) is 24.3 Å². The van der Waals surface area contributed by atoms with Gasteiger partial charge in [-0.25, -0.2) is 0 Å². The molecule has 0 rings (SSSR count). The molecule has 6 nitrogen and oxygen atoms in total. The molecule has 0 aliphatic rings. The molecule has 0 aromatic rings. The number of ether oxygens (including phenoxy) is 3. The molecule has 66 heavy (non-hydrogen) atoms. The molecule has 0 saturated heterocycles. The highest BCUT2D eigenvalue weighted by Crippen LogP contribution is 2.16. The van der Waals surface area contributed by atoms with Crippen LogP contribution in [-0.2, 0) is 28.6 Å². The molecule has 0 amide bonds. The van der Waals surface area contributed by atoms with Crippen LogP contribution in [0.3, 0.4) is 0 Å². The molecule has 0 heterocycles. The molecule has 1 atom stereocenters. The van der Waals surface area contributed by atoms with Gasteiger partial charge in [0.05, 0.1) is 0 Å². The normalized spacial score (nSPS) is 12.1. The molecule has 6 heteroatoms. The van der Waals surface area contributed by atoms with Gasteiger partial charge in [0.15, 0.2) is 6.10 Å². The van der Waals surface area contributed by atoms with Crippen LogP contribution < -0.4 is 0 Å². The average molecular weight is 930 g/mol. The van der Waals surface area contributed by atoms with E-state index in [2.05, 4.69) is 45.1 Å². The Labute approximate surface area is 411 Å². The van der Waals surface area contributed by atoms with E-state index in [-0.39, 0.29) is 31.1 Å². The maximum atomic E-state index is 12.8. The number of unbranched alkanes of at least 4 members (excludes halogenated alkanes) is 39. The maximum absolute atomic E-state index is 12.8. The minimum atomic E-state index is -0.771. The van der Waals surface area contributed by atoms with Gasteiger partial charge in [0.2, 0.25) is 0 Å². The van der Waals surface area contributed by atoms with Crippen LogP contribution in [0.2, 0.25) is 0 Å². The first-order chi connectivity index (χ1) is 32.5. The summed E-state index contributed by atoms with van der Waals surface area (Å²) in [5, 5.41) is 0. The van der Waals surface area contributed by atoms with Gasteiger partial charge in [0, 0.05) is 19.3 Å². The van der Waals surface area contributed by atoms with Crippen molar-refractivity contribution in [3.63, 3.8) is 0 Å². The lowest BCUT2D eigenvalue weighted by atomic mass is 10.1. The number of hydrogen-bond donors (Lipinski definition) is 0. The summed E-state index contributed by atoms with van der Waals surface area (Å²) in [4.78, 5) is 38.1. The molecule has 0 fully saturated rings. The van der Waals surface area contributed by atoms with Crippen LogP contribution >= 0.6 is 0 Å². The second-order valence-corrected chi connectivity index (χ2v) is 19.9. The Bertz CT molecular complexity index is 1070. The van der Waals surface area contributed by atoms with Crippen LogP contribution in [0.1, 0.15) is 323 Å². The van der Waals surface area contributed by atoms with Gasteiger partial charge in [-0.1, -0.05) is 257 Å². The van der Waals surface area contributed by atoms with Crippen molar-refractivity contribution in [2.75, 3.05) is 13.2 Å². The fourth-order valence-corrected chi connectivity index (χ4v) is 8.73. The van der Waals surface area contributed by atoms with E-state index >= 15 is 0 Å². The predicted octanol–water partition coefficient (Wildman–Crippen LogP) is 19.5. The number of carbonyl (C=O) groups is 3.